The highest BCUT2D eigenvalue weighted by atomic mass is 32.3. The number of hydrogen-bond acceptors (Lipinski definition) is 1. The van der Waals surface area contributed by atoms with Crippen molar-refractivity contribution in [2.24, 2.45) is 0 Å². The maximum absolute atomic E-state index is 2.56. The number of hydrogen-bond donors (Lipinski definition) is 0. The Balaban J connectivity index is 2.85. The van der Waals surface area contributed by atoms with E-state index >= 15 is 0 Å². The van der Waals surface area contributed by atoms with Crippen molar-refractivity contribution in [1.29, 1.82) is 0 Å². The Morgan fingerprint density at radius 2 is 1.83 bits per heavy atom. The zero-order valence-corrected chi connectivity index (χ0v) is 9.95. The van der Waals surface area contributed by atoms with Crippen LogP contribution >= 0.6 is 8.75 Å². The monoisotopic (exact) mass is 189 g/mol. The summed E-state index contributed by atoms with van der Waals surface area (Å²) in [5.74, 6) is 1.32. The summed E-state index contributed by atoms with van der Waals surface area (Å²) in [5.41, 5.74) is 0. The zero-order valence-electron chi connectivity index (χ0n) is 9.13. The maximum atomic E-state index is 2.56. The standard InChI is InChI=1S/C10H23NS/c1-6-12(4,5,10(2)3)9-11-7-8-11/h6,10H,7-9H2,1-5H3. The van der Waals surface area contributed by atoms with E-state index < -0.39 is 8.75 Å². The molecule has 0 atom stereocenters. The molecule has 0 amide bonds. The van der Waals surface area contributed by atoms with E-state index in [9.17, 15) is 0 Å². The first-order valence-electron chi connectivity index (χ1n) is 4.76. The van der Waals surface area contributed by atoms with E-state index in [1.165, 1.54) is 19.0 Å². The largest absolute Gasteiger partial charge is 0.293 e. The van der Waals surface area contributed by atoms with E-state index in [0.717, 1.165) is 5.25 Å². The Hall–Kier alpha value is 0.180. The summed E-state index contributed by atoms with van der Waals surface area (Å²) in [6.45, 7) is 9.63. The van der Waals surface area contributed by atoms with E-state index in [1.54, 1.807) is 0 Å². The molecule has 0 saturated carbocycles. The summed E-state index contributed by atoms with van der Waals surface area (Å²) < 4.78 is 0. The fraction of sp³-hybridized carbons (Fsp3) is 0.900. The van der Waals surface area contributed by atoms with Crippen LogP contribution in [0.25, 0.3) is 0 Å². The molecule has 1 nitrogen and oxygen atoms in total. The molecule has 1 rings (SSSR count). The molecule has 1 aliphatic heterocycles. The van der Waals surface area contributed by atoms with Crippen molar-refractivity contribution in [3.8, 4) is 0 Å². The van der Waals surface area contributed by atoms with Crippen LogP contribution in [0, 0.1) is 0 Å². The summed E-state index contributed by atoms with van der Waals surface area (Å²) >= 11 is 0. The van der Waals surface area contributed by atoms with Gasteiger partial charge in [-0.3, -0.25) is 4.90 Å². The molecule has 1 saturated heterocycles. The molecule has 2 heteroatoms. The molecule has 0 aromatic carbocycles. The highest BCUT2D eigenvalue weighted by Crippen LogP contribution is 2.56. The van der Waals surface area contributed by atoms with Crippen LogP contribution in [0.3, 0.4) is 0 Å². The van der Waals surface area contributed by atoms with Crippen molar-refractivity contribution in [3.05, 3.63) is 0 Å². The third-order valence-corrected chi connectivity index (χ3v) is 9.28. The smallest absolute Gasteiger partial charge is 0.0258 e. The number of nitrogens with zero attached hydrogens (tertiary/aromatic N) is 1. The van der Waals surface area contributed by atoms with Crippen LogP contribution in [-0.4, -0.2) is 47.0 Å². The minimum Gasteiger partial charge on any atom is -0.293 e. The SMILES string of the molecule is CC=S(C)(C)(CN1CC1)C(C)C. The molecule has 1 aliphatic rings. The van der Waals surface area contributed by atoms with Crippen molar-refractivity contribution in [3.63, 3.8) is 0 Å². The molecule has 1 fully saturated rings. The molecular formula is C10H23NS. The van der Waals surface area contributed by atoms with Gasteiger partial charge in [-0.25, -0.2) is 8.75 Å². The highest BCUT2D eigenvalue weighted by Gasteiger charge is 2.31. The lowest BCUT2D eigenvalue weighted by atomic mass is 10.6. The van der Waals surface area contributed by atoms with E-state index in [0.29, 0.717) is 0 Å². The average molecular weight is 189 g/mol. The third-order valence-electron chi connectivity index (χ3n) is 3.45. The predicted octanol–water partition coefficient (Wildman–Crippen LogP) is 2.09. The third kappa shape index (κ3) is 1.91. The Morgan fingerprint density at radius 3 is 2.08 bits per heavy atom. The normalized spacial score (nSPS) is 22.0. The fourth-order valence-corrected chi connectivity index (χ4v) is 3.67. The van der Waals surface area contributed by atoms with Gasteiger partial charge >= 0.3 is 0 Å². The lowest BCUT2D eigenvalue weighted by molar-refractivity contribution is 0.662. The van der Waals surface area contributed by atoms with Crippen LogP contribution in [-0.2, 0) is 0 Å². The van der Waals surface area contributed by atoms with Crippen molar-refractivity contribution in [2.45, 2.75) is 26.0 Å². The topological polar surface area (TPSA) is 3.01 Å². The van der Waals surface area contributed by atoms with Gasteiger partial charge in [0.2, 0.25) is 0 Å². The van der Waals surface area contributed by atoms with Gasteiger partial charge in [-0.2, -0.15) is 0 Å². The first kappa shape index (κ1) is 10.3. The van der Waals surface area contributed by atoms with Crippen molar-refractivity contribution in [1.82, 2.24) is 4.90 Å². The first-order valence-corrected chi connectivity index (χ1v) is 7.91. The molecule has 0 N–H and O–H groups in total. The van der Waals surface area contributed by atoms with Crippen LogP contribution < -0.4 is 0 Å². The van der Waals surface area contributed by atoms with Gasteiger partial charge in [-0.15, -0.1) is 0 Å². The molecule has 74 valence electrons. The van der Waals surface area contributed by atoms with Crippen LogP contribution in [0.15, 0.2) is 0 Å². The van der Waals surface area contributed by atoms with E-state index in [1.807, 2.05) is 0 Å². The molecule has 0 spiro atoms. The molecule has 1 heterocycles. The lowest BCUT2D eigenvalue weighted by Gasteiger charge is -2.47. The molecule has 0 radical (unpaired) electrons. The van der Waals surface area contributed by atoms with Crippen LogP contribution in [0.2, 0.25) is 0 Å². The molecule has 12 heavy (non-hydrogen) atoms. The number of rotatable bonds is 3. The van der Waals surface area contributed by atoms with Crippen LogP contribution in [0.1, 0.15) is 20.8 Å². The second-order valence-corrected chi connectivity index (χ2v) is 11.4. The summed E-state index contributed by atoms with van der Waals surface area (Å²) in [4.78, 5) is 2.56. The highest BCUT2D eigenvalue weighted by molar-refractivity contribution is 8.46. The second kappa shape index (κ2) is 2.85. The van der Waals surface area contributed by atoms with Gasteiger partial charge < -0.3 is 0 Å². The second-order valence-electron chi connectivity index (χ2n) is 4.93. The Bertz CT molecular complexity index is 230. The van der Waals surface area contributed by atoms with Gasteiger partial charge in [0.05, 0.1) is 0 Å². The zero-order chi connectivity index (χ0) is 9.43. The van der Waals surface area contributed by atoms with Crippen molar-refractivity contribution >= 4 is 14.1 Å². The van der Waals surface area contributed by atoms with Crippen LogP contribution in [0.5, 0.6) is 0 Å². The van der Waals surface area contributed by atoms with Gasteiger partial charge in [0.25, 0.3) is 0 Å². The maximum Gasteiger partial charge on any atom is 0.0258 e. The van der Waals surface area contributed by atoms with E-state index in [4.69, 9.17) is 0 Å². The quantitative estimate of drug-likeness (QED) is 0.485. The summed E-state index contributed by atoms with van der Waals surface area (Å²) in [5, 5.41) is 3.30. The molecule has 0 aromatic heterocycles. The lowest BCUT2D eigenvalue weighted by Crippen LogP contribution is -2.25. The molecule has 0 bridgehead atoms. The summed E-state index contributed by atoms with van der Waals surface area (Å²) in [6.07, 6.45) is 4.97. The van der Waals surface area contributed by atoms with Crippen molar-refractivity contribution in [2.75, 3.05) is 31.5 Å². The van der Waals surface area contributed by atoms with Gasteiger partial charge in [0, 0.05) is 19.0 Å². The van der Waals surface area contributed by atoms with Crippen molar-refractivity contribution < 1.29 is 0 Å². The molecule has 0 aromatic rings. The molecular weight excluding hydrogens is 166 g/mol. The summed E-state index contributed by atoms with van der Waals surface area (Å²) in [7, 11) is -1.22. The predicted molar refractivity (Wildman–Crippen MR) is 62.8 cm³/mol. The first-order chi connectivity index (χ1) is 5.37. The molecule has 0 unspecified atom stereocenters. The minimum absolute atomic E-state index is 0.813. The fourth-order valence-electron chi connectivity index (χ4n) is 1.27. The average Bonchev–Trinajstić information content (AvgIpc) is 2.72. The Morgan fingerprint density at radius 1 is 1.33 bits per heavy atom. The summed E-state index contributed by atoms with van der Waals surface area (Å²) in [6, 6.07) is 0. The minimum atomic E-state index is -1.22. The van der Waals surface area contributed by atoms with Gasteiger partial charge in [-0.05, 0) is 24.7 Å². The van der Waals surface area contributed by atoms with Gasteiger partial charge in [0.1, 0.15) is 0 Å². The van der Waals surface area contributed by atoms with E-state index in [2.05, 4.69) is 43.6 Å². The van der Waals surface area contributed by atoms with Gasteiger partial charge in [0.15, 0.2) is 0 Å². The Labute approximate surface area is 77.0 Å². The Kier molecular flexibility index (Phi) is 2.43. The van der Waals surface area contributed by atoms with Gasteiger partial charge in [-0.1, -0.05) is 19.2 Å². The molecule has 0 aliphatic carbocycles. The van der Waals surface area contributed by atoms with Crippen LogP contribution in [0.4, 0.5) is 0 Å². The van der Waals surface area contributed by atoms with E-state index in [-0.39, 0.29) is 0 Å².